The standard InChI is InChI=1S/C10H9ClN6.C5H11N/c1-16-5-6(2-14-16)7-3-15-17-9(12)8(11)4-13-10(7)17;1-2-4-6-5-3-1/h2-5H,12H2,1H3;6H,1-5H2. The van der Waals surface area contributed by atoms with Crippen LogP contribution in [0.3, 0.4) is 0 Å². The van der Waals surface area contributed by atoms with Crippen molar-refractivity contribution >= 4 is 23.1 Å². The Morgan fingerprint density at radius 3 is 2.48 bits per heavy atom. The van der Waals surface area contributed by atoms with Gasteiger partial charge in [-0.1, -0.05) is 18.0 Å². The number of piperidine rings is 1. The summed E-state index contributed by atoms with van der Waals surface area (Å²) in [6.45, 7) is 2.50. The van der Waals surface area contributed by atoms with Gasteiger partial charge in [0.25, 0.3) is 0 Å². The van der Waals surface area contributed by atoms with Crippen LogP contribution in [0.1, 0.15) is 19.3 Å². The van der Waals surface area contributed by atoms with Crippen molar-refractivity contribution in [2.24, 2.45) is 7.05 Å². The van der Waals surface area contributed by atoms with E-state index in [1.807, 2.05) is 13.2 Å². The van der Waals surface area contributed by atoms with Crippen molar-refractivity contribution in [2.75, 3.05) is 18.8 Å². The van der Waals surface area contributed by atoms with Gasteiger partial charge in [0.05, 0.1) is 18.6 Å². The molecule has 0 bridgehead atoms. The zero-order valence-corrected chi connectivity index (χ0v) is 13.8. The summed E-state index contributed by atoms with van der Waals surface area (Å²) in [6.07, 6.45) is 11.1. The van der Waals surface area contributed by atoms with Gasteiger partial charge < -0.3 is 11.1 Å². The zero-order chi connectivity index (χ0) is 16.2. The molecule has 122 valence electrons. The number of nitrogens with one attached hydrogen (secondary N) is 1. The summed E-state index contributed by atoms with van der Waals surface area (Å²) in [5, 5.41) is 12.0. The molecule has 1 aliphatic rings. The van der Waals surface area contributed by atoms with E-state index in [1.165, 1.54) is 43.1 Å². The van der Waals surface area contributed by atoms with Crippen LogP contribution in [-0.2, 0) is 7.05 Å². The maximum atomic E-state index is 5.88. The molecule has 3 N–H and O–H groups in total. The van der Waals surface area contributed by atoms with Gasteiger partial charge in [-0.2, -0.15) is 14.7 Å². The number of aryl methyl sites for hydroxylation is 1. The van der Waals surface area contributed by atoms with E-state index in [2.05, 4.69) is 20.5 Å². The highest BCUT2D eigenvalue weighted by Crippen LogP contribution is 2.26. The maximum Gasteiger partial charge on any atom is 0.165 e. The Labute approximate surface area is 139 Å². The molecule has 4 rings (SSSR count). The first-order chi connectivity index (χ1) is 11.2. The molecular formula is C15H20ClN7. The zero-order valence-electron chi connectivity index (χ0n) is 13.0. The van der Waals surface area contributed by atoms with Gasteiger partial charge in [-0.05, 0) is 25.9 Å². The number of nitrogens with two attached hydrogens (primary N) is 1. The minimum Gasteiger partial charge on any atom is -0.382 e. The summed E-state index contributed by atoms with van der Waals surface area (Å²) >= 11 is 5.88. The van der Waals surface area contributed by atoms with E-state index in [9.17, 15) is 0 Å². The van der Waals surface area contributed by atoms with Gasteiger partial charge in [-0.3, -0.25) is 4.68 Å². The van der Waals surface area contributed by atoms with Crippen LogP contribution in [0.2, 0.25) is 5.02 Å². The van der Waals surface area contributed by atoms with E-state index in [-0.39, 0.29) is 0 Å². The van der Waals surface area contributed by atoms with Gasteiger partial charge in [-0.25, -0.2) is 4.98 Å². The molecule has 4 heterocycles. The molecular weight excluding hydrogens is 314 g/mol. The third kappa shape index (κ3) is 3.46. The molecule has 7 nitrogen and oxygen atoms in total. The first-order valence-electron chi connectivity index (χ1n) is 7.64. The molecule has 1 saturated heterocycles. The number of nitrogen functional groups attached to an aromatic ring is 1. The van der Waals surface area contributed by atoms with Crippen LogP contribution in [-0.4, -0.2) is 37.5 Å². The smallest absolute Gasteiger partial charge is 0.165 e. The monoisotopic (exact) mass is 333 g/mol. The van der Waals surface area contributed by atoms with Crippen LogP contribution >= 0.6 is 11.6 Å². The van der Waals surface area contributed by atoms with Crippen molar-refractivity contribution in [1.82, 2.24) is 29.7 Å². The molecule has 0 aromatic carbocycles. The molecule has 0 spiro atoms. The Morgan fingerprint density at radius 1 is 1.13 bits per heavy atom. The molecule has 23 heavy (non-hydrogen) atoms. The molecule has 0 unspecified atom stereocenters. The van der Waals surface area contributed by atoms with E-state index in [0.29, 0.717) is 16.5 Å². The van der Waals surface area contributed by atoms with Crippen LogP contribution in [0.25, 0.3) is 16.8 Å². The number of anilines is 1. The number of halogens is 1. The normalized spacial score (nSPS) is 14.5. The molecule has 3 aromatic heterocycles. The summed E-state index contributed by atoms with van der Waals surface area (Å²) in [4.78, 5) is 4.24. The molecule has 1 aliphatic heterocycles. The van der Waals surface area contributed by atoms with Gasteiger partial charge in [0, 0.05) is 24.4 Å². The SMILES string of the molecule is C1CCNCC1.Cn1cc(-c2cnn3c(N)c(Cl)cnc23)cn1. The third-order valence-electron chi connectivity index (χ3n) is 3.74. The highest BCUT2D eigenvalue weighted by Gasteiger charge is 2.12. The number of nitrogens with zero attached hydrogens (tertiary/aromatic N) is 5. The van der Waals surface area contributed by atoms with Gasteiger partial charge >= 0.3 is 0 Å². The molecule has 0 radical (unpaired) electrons. The molecule has 0 aliphatic carbocycles. The van der Waals surface area contributed by atoms with E-state index in [1.54, 1.807) is 17.1 Å². The number of fused-ring (bicyclic) bond motifs is 1. The largest absolute Gasteiger partial charge is 0.382 e. The Balaban J connectivity index is 0.000000220. The molecule has 0 saturated carbocycles. The van der Waals surface area contributed by atoms with E-state index >= 15 is 0 Å². The van der Waals surface area contributed by atoms with Crippen LogP contribution in [0.4, 0.5) is 5.82 Å². The highest BCUT2D eigenvalue weighted by molar-refractivity contribution is 6.32. The summed E-state index contributed by atoms with van der Waals surface area (Å²) in [5.74, 6) is 0.381. The van der Waals surface area contributed by atoms with Crippen molar-refractivity contribution in [3.05, 3.63) is 29.8 Å². The second-order valence-corrected chi connectivity index (χ2v) is 5.91. The first kappa shape index (κ1) is 15.8. The van der Waals surface area contributed by atoms with Crippen LogP contribution in [0, 0.1) is 0 Å². The lowest BCUT2D eigenvalue weighted by molar-refractivity contribution is 0.520. The Morgan fingerprint density at radius 2 is 1.91 bits per heavy atom. The molecule has 3 aromatic rings. The van der Waals surface area contributed by atoms with Crippen molar-refractivity contribution in [1.29, 1.82) is 0 Å². The summed E-state index contributed by atoms with van der Waals surface area (Å²) < 4.78 is 3.24. The van der Waals surface area contributed by atoms with E-state index < -0.39 is 0 Å². The highest BCUT2D eigenvalue weighted by atomic mass is 35.5. The second-order valence-electron chi connectivity index (χ2n) is 5.50. The average Bonchev–Trinajstić information content (AvgIpc) is 3.19. The molecule has 1 fully saturated rings. The van der Waals surface area contributed by atoms with Crippen molar-refractivity contribution in [3.8, 4) is 11.1 Å². The third-order valence-corrected chi connectivity index (χ3v) is 4.03. The Bertz CT molecular complexity index is 777. The summed E-state index contributed by atoms with van der Waals surface area (Å²) in [5.41, 5.74) is 8.31. The van der Waals surface area contributed by atoms with Gasteiger partial charge in [-0.15, -0.1) is 0 Å². The minimum absolute atomic E-state index is 0.381. The lowest BCUT2D eigenvalue weighted by Crippen LogP contribution is -2.21. The maximum absolute atomic E-state index is 5.88. The van der Waals surface area contributed by atoms with E-state index in [4.69, 9.17) is 17.3 Å². The number of rotatable bonds is 1. The average molecular weight is 334 g/mol. The fourth-order valence-corrected chi connectivity index (χ4v) is 2.62. The van der Waals surface area contributed by atoms with Crippen molar-refractivity contribution in [3.63, 3.8) is 0 Å². The van der Waals surface area contributed by atoms with E-state index in [0.717, 1.165) is 11.1 Å². The Kier molecular flexibility index (Phi) is 4.78. The van der Waals surface area contributed by atoms with Gasteiger partial charge in [0.1, 0.15) is 10.8 Å². The lowest BCUT2D eigenvalue weighted by atomic mass is 10.2. The van der Waals surface area contributed by atoms with Crippen LogP contribution in [0.15, 0.2) is 24.8 Å². The minimum atomic E-state index is 0.381. The molecule has 0 amide bonds. The molecule has 8 heteroatoms. The number of aromatic nitrogens is 5. The lowest BCUT2D eigenvalue weighted by Gasteiger charge is -2.08. The molecule has 0 atom stereocenters. The second kappa shape index (κ2) is 6.97. The number of hydrogen-bond acceptors (Lipinski definition) is 5. The fourth-order valence-electron chi connectivity index (χ4n) is 2.49. The van der Waals surface area contributed by atoms with Crippen LogP contribution < -0.4 is 11.1 Å². The number of hydrogen-bond donors (Lipinski definition) is 2. The summed E-state index contributed by atoms with van der Waals surface area (Å²) in [6, 6.07) is 0. The summed E-state index contributed by atoms with van der Waals surface area (Å²) in [7, 11) is 1.86. The predicted octanol–water partition coefficient (Wildman–Crippen LogP) is 2.13. The first-order valence-corrected chi connectivity index (χ1v) is 8.02. The quantitative estimate of drug-likeness (QED) is 0.712. The van der Waals surface area contributed by atoms with Crippen LogP contribution in [0.5, 0.6) is 0 Å². The van der Waals surface area contributed by atoms with Crippen molar-refractivity contribution < 1.29 is 0 Å². The van der Waals surface area contributed by atoms with Crippen molar-refractivity contribution in [2.45, 2.75) is 19.3 Å². The predicted molar refractivity (Wildman–Crippen MR) is 91.3 cm³/mol. The fraction of sp³-hybridized carbons (Fsp3) is 0.400. The topological polar surface area (TPSA) is 86.1 Å². The van der Waals surface area contributed by atoms with Gasteiger partial charge in [0.2, 0.25) is 0 Å². The van der Waals surface area contributed by atoms with Gasteiger partial charge in [0.15, 0.2) is 5.65 Å². The Hall–Kier alpha value is -2.12.